The number of anilines is 1. The minimum absolute atomic E-state index is 0.537. The number of rotatable bonds is 8. The average Bonchev–Trinajstić information content (AvgIpc) is 2.42. The number of hydrogen-bond donors (Lipinski definition) is 1. The number of hydrogen-bond acceptors (Lipinski definition) is 3. The summed E-state index contributed by atoms with van der Waals surface area (Å²) in [4.78, 5) is 12.8. The van der Waals surface area contributed by atoms with Crippen molar-refractivity contribution in [3.63, 3.8) is 0 Å². The van der Waals surface area contributed by atoms with Crippen LogP contribution in [0.2, 0.25) is 5.02 Å². The first-order chi connectivity index (χ1) is 9.60. The highest BCUT2D eigenvalue weighted by Gasteiger charge is 2.11. The van der Waals surface area contributed by atoms with Gasteiger partial charge in [0.05, 0.1) is 6.61 Å². The number of carbonyl (C=O) groups is 1. The standard InChI is InChI=1S/C15H20ClNO3/c1-3-17(10-11-20-4-2)14-7-5-6-13(16)12(14)8-9-15(18)19/h5-9H,3-4,10-11H2,1-2H3,(H,18,19). The van der Waals surface area contributed by atoms with Crippen LogP contribution in [0, 0.1) is 0 Å². The van der Waals surface area contributed by atoms with Crippen molar-refractivity contribution in [2.24, 2.45) is 0 Å². The quantitative estimate of drug-likeness (QED) is 0.591. The Morgan fingerprint density at radius 2 is 2.20 bits per heavy atom. The van der Waals surface area contributed by atoms with E-state index in [4.69, 9.17) is 21.4 Å². The zero-order valence-corrected chi connectivity index (χ0v) is 12.6. The molecule has 0 fully saturated rings. The van der Waals surface area contributed by atoms with E-state index >= 15 is 0 Å². The predicted molar refractivity (Wildman–Crippen MR) is 82.5 cm³/mol. The van der Waals surface area contributed by atoms with E-state index in [9.17, 15) is 4.79 Å². The van der Waals surface area contributed by atoms with E-state index < -0.39 is 5.97 Å². The molecule has 1 N–H and O–H groups in total. The van der Waals surface area contributed by atoms with Gasteiger partial charge < -0.3 is 14.7 Å². The van der Waals surface area contributed by atoms with Crippen LogP contribution < -0.4 is 4.90 Å². The Morgan fingerprint density at radius 3 is 2.80 bits per heavy atom. The number of carboxylic acids is 1. The summed E-state index contributed by atoms with van der Waals surface area (Å²) in [6.45, 7) is 6.83. The van der Waals surface area contributed by atoms with Crippen molar-refractivity contribution in [2.45, 2.75) is 13.8 Å². The maximum Gasteiger partial charge on any atom is 0.328 e. The Labute approximate surface area is 124 Å². The number of ether oxygens (including phenoxy) is 1. The van der Waals surface area contributed by atoms with Gasteiger partial charge in [-0.1, -0.05) is 17.7 Å². The average molecular weight is 298 g/mol. The zero-order valence-electron chi connectivity index (χ0n) is 11.8. The van der Waals surface area contributed by atoms with Gasteiger partial charge in [0, 0.05) is 42.0 Å². The summed E-state index contributed by atoms with van der Waals surface area (Å²) >= 11 is 6.17. The normalized spacial score (nSPS) is 10.9. The second-order valence-corrected chi connectivity index (χ2v) is 4.53. The van der Waals surface area contributed by atoms with Crippen LogP contribution in [0.3, 0.4) is 0 Å². The molecule has 0 aliphatic carbocycles. The molecule has 0 radical (unpaired) electrons. The number of halogens is 1. The lowest BCUT2D eigenvalue weighted by molar-refractivity contribution is -0.131. The maximum absolute atomic E-state index is 10.7. The van der Waals surface area contributed by atoms with Gasteiger partial charge in [-0.25, -0.2) is 4.79 Å². The van der Waals surface area contributed by atoms with Gasteiger partial charge in [-0.15, -0.1) is 0 Å². The second-order valence-electron chi connectivity index (χ2n) is 4.12. The topological polar surface area (TPSA) is 49.8 Å². The molecule has 0 spiro atoms. The molecular weight excluding hydrogens is 278 g/mol. The Kier molecular flexibility index (Phi) is 7.12. The van der Waals surface area contributed by atoms with E-state index in [0.717, 1.165) is 30.4 Å². The van der Waals surface area contributed by atoms with Gasteiger partial charge in [-0.3, -0.25) is 0 Å². The summed E-state index contributed by atoms with van der Waals surface area (Å²) in [7, 11) is 0. The largest absolute Gasteiger partial charge is 0.478 e. The molecule has 0 saturated heterocycles. The second kappa shape index (κ2) is 8.61. The third-order valence-electron chi connectivity index (χ3n) is 2.85. The molecule has 0 aliphatic rings. The van der Waals surface area contributed by atoms with Crippen molar-refractivity contribution < 1.29 is 14.6 Å². The first kappa shape index (κ1) is 16.5. The molecular formula is C15H20ClNO3. The highest BCUT2D eigenvalue weighted by molar-refractivity contribution is 6.32. The molecule has 0 saturated carbocycles. The van der Waals surface area contributed by atoms with Crippen LogP contribution in [0.15, 0.2) is 24.3 Å². The highest BCUT2D eigenvalue weighted by atomic mass is 35.5. The molecule has 1 rings (SSSR count). The summed E-state index contributed by atoms with van der Waals surface area (Å²) in [5, 5.41) is 9.30. The maximum atomic E-state index is 10.7. The molecule has 0 aliphatic heterocycles. The van der Waals surface area contributed by atoms with Crippen LogP contribution in [-0.4, -0.2) is 37.4 Å². The van der Waals surface area contributed by atoms with Gasteiger partial charge in [0.1, 0.15) is 0 Å². The van der Waals surface area contributed by atoms with Gasteiger partial charge in [-0.05, 0) is 32.1 Å². The van der Waals surface area contributed by atoms with E-state index in [2.05, 4.69) is 4.90 Å². The van der Waals surface area contributed by atoms with Gasteiger partial charge in [0.2, 0.25) is 0 Å². The van der Waals surface area contributed by atoms with E-state index in [1.165, 1.54) is 6.08 Å². The van der Waals surface area contributed by atoms with Crippen molar-refractivity contribution in [3.8, 4) is 0 Å². The molecule has 110 valence electrons. The molecule has 0 heterocycles. The number of carboxylic acid groups (broad SMARTS) is 1. The molecule has 1 aromatic carbocycles. The van der Waals surface area contributed by atoms with Crippen LogP contribution in [0.4, 0.5) is 5.69 Å². The monoisotopic (exact) mass is 297 g/mol. The number of nitrogens with zero attached hydrogens (tertiary/aromatic N) is 1. The fourth-order valence-corrected chi connectivity index (χ4v) is 2.12. The van der Waals surface area contributed by atoms with Gasteiger partial charge in [-0.2, -0.15) is 0 Å². The molecule has 0 bridgehead atoms. The molecule has 4 nitrogen and oxygen atoms in total. The minimum Gasteiger partial charge on any atom is -0.478 e. The van der Waals surface area contributed by atoms with E-state index in [-0.39, 0.29) is 0 Å². The fraction of sp³-hybridized carbons (Fsp3) is 0.400. The van der Waals surface area contributed by atoms with E-state index in [0.29, 0.717) is 18.2 Å². The highest BCUT2D eigenvalue weighted by Crippen LogP contribution is 2.28. The van der Waals surface area contributed by atoms with Gasteiger partial charge in [0.25, 0.3) is 0 Å². The minimum atomic E-state index is -0.992. The Bertz CT molecular complexity index is 474. The van der Waals surface area contributed by atoms with Crippen LogP contribution in [0.1, 0.15) is 19.4 Å². The lowest BCUT2D eigenvalue weighted by Gasteiger charge is -2.25. The molecule has 0 amide bonds. The van der Waals surface area contributed by atoms with E-state index in [1.54, 1.807) is 6.07 Å². The van der Waals surface area contributed by atoms with Crippen LogP contribution in [0.5, 0.6) is 0 Å². The number of likely N-dealkylation sites (N-methyl/N-ethyl adjacent to an activating group) is 1. The fourth-order valence-electron chi connectivity index (χ4n) is 1.89. The summed E-state index contributed by atoms with van der Waals surface area (Å²) < 4.78 is 5.37. The van der Waals surface area contributed by atoms with Crippen LogP contribution in [0.25, 0.3) is 6.08 Å². The van der Waals surface area contributed by atoms with Crippen LogP contribution in [-0.2, 0) is 9.53 Å². The molecule has 0 atom stereocenters. The smallest absolute Gasteiger partial charge is 0.328 e. The van der Waals surface area contributed by atoms with Crippen molar-refractivity contribution in [1.82, 2.24) is 0 Å². The molecule has 1 aromatic rings. The zero-order chi connectivity index (χ0) is 15.0. The Morgan fingerprint density at radius 1 is 1.45 bits per heavy atom. The Balaban J connectivity index is 3.01. The molecule has 5 heteroatoms. The lowest BCUT2D eigenvalue weighted by Crippen LogP contribution is -2.27. The van der Waals surface area contributed by atoms with Crippen molar-refractivity contribution >= 4 is 29.3 Å². The lowest BCUT2D eigenvalue weighted by atomic mass is 10.1. The Hall–Kier alpha value is -1.52. The van der Waals surface area contributed by atoms with Crippen LogP contribution >= 0.6 is 11.6 Å². The first-order valence-corrected chi connectivity index (χ1v) is 7.00. The summed E-state index contributed by atoms with van der Waals surface area (Å²) in [6.07, 6.45) is 2.63. The van der Waals surface area contributed by atoms with E-state index in [1.807, 2.05) is 26.0 Å². The molecule has 0 aromatic heterocycles. The molecule has 20 heavy (non-hydrogen) atoms. The van der Waals surface area contributed by atoms with Gasteiger partial charge >= 0.3 is 5.97 Å². The molecule has 0 unspecified atom stereocenters. The third-order valence-corrected chi connectivity index (χ3v) is 3.18. The van der Waals surface area contributed by atoms with Crippen molar-refractivity contribution in [2.75, 3.05) is 31.2 Å². The number of aliphatic carboxylic acids is 1. The number of benzene rings is 1. The summed E-state index contributed by atoms with van der Waals surface area (Å²) in [6, 6.07) is 5.55. The van der Waals surface area contributed by atoms with Gasteiger partial charge in [0.15, 0.2) is 0 Å². The summed E-state index contributed by atoms with van der Waals surface area (Å²) in [5.74, 6) is -0.992. The third kappa shape index (κ3) is 4.87. The first-order valence-electron chi connectivity index (χ1n) is 6.62. The predicted octanol–water partition coefficient (Wildman–Crippen LogP) is 3.30. The van der Waals surface area contributed by atoms with Crippen molar-refractivity contribution in [3.05, 3.63) is 34.9 Å². The SMILES string of the molecule is CCOCCN(CC)c1cccc(Cl)c1C=CC(=O)O. The van der Waals surface area contributed by atoms with Crippen molar-refractivity contribution in [1.29, 1.82) is 0 Å². The summed E-state index contributed by atoms with van der Waals surface area (Å²) in [5.41, 5.74) is 1.63.